The van der Waals surface area contributed by atoms with Crippen LogP contribution in [0.5, 0.6) is 5.75 Å². The van der Waals surface area contributed by atoms with Crippen LogP contribution < -0.4 is 10.7 Å². The molecule has 104 valence electrons. The Morgan fingerprint density at radius 2 is 1.95 bits per heavy atom. The minimum atomic E-state index is -0.616. The summed E-state index contributed by atoms with van der Waals surface area (Å²) in [6.07, 6.45) is 0.885. The van der Waals surface area contributed by atoms with Gasteiger partial charge in [0, 0.05) is 11.6 Å². The van der Waals surface area contributed by atoms with Gasteiger partial charge in [-0.2, -0.15) is 4.73 Å². The lowest BCUT2D eigenvalue weighted by molar-refractivity contribution is 0.0945. The fourth-order valence-electron chi connectivity index (χ4n) is 1.66. The van der Waals surface area contributed by atoms with Gasteiger partial charge in [-0.15, -0.1) is 0 Å². The lowest BCUT2D eigenvalue weighted by Gasteiger charge is -2.09. The zero-order valence-corrected chi connectivity index (χ0v) is 10.8. The Kier molecular flexibility index (Phi) is 3.74. The Morgan fingerprint density at radius 3 is 2.60 bits per heavy atom. The molecule has 1 aromatic carbocycles. The van der Waals surface area contributed by atoms with Gasteiger partial charge in [-0.05, 0) is 19.1 Å². The maximum Gasteiger partial charge on any atom is 0.251 e. The third-order valence-corrected chi connectivity index (χ3v) is 2.83. The molecule has 1 aromatic heterocycles. The highest BCUT2D eigenvalue weighted by atomic mass is 16.5. The summed E-state index contributed by atoms with van der Waals surface area (Å²) in [5.74, 6) is -0.869. The minimum Gasteiger partial charge on any atom is -0.503 e. The summed E-state index contributed by atoms with van der Waals surface area (Å²) in [4.78, 5) is 23.1. The molecule has 3 N–H and O–H groups in total. The van der Waals surface area contributed by atoms with Crippen LogP contribution in [0.2, 0.25) is 0 Å². The Balaban J connectivity index is 2.09. The molecular formula is C14H14N2O4. The molecular weight excluding hydrogens is 260 g/mol. The number of nitrogens with one attached hydrogen (secondary N) is 1. The second-order valence-electron chi connectivity index (χ2n) is 4.41. The first-order valence-corrected chi connectivity index (χ1v) is 5.96. The third-order valence-electron chi connectivity index (χ3n) is 2.83. The monoisotopic (exact) mass is 274 g/mol. The molecule has 0 saturated carbocycles. The van der Waals surface area contributed by atoms with E-state index in [0.717, 1.165) is 17.8 Å². The van der Waals surface area contributed by atoms with Crippen LogP contribution in [0, 0.1) is 6.92 Å². The van der Waals surface area contributed by atoms with Gasteiger partial charge in [-0.3, -0.25) is 9.59 Å². The van der Waals surface area contributed by atoms with Crippen LogP contribution in [0.3, 0.4) is 0 Å². The van der Waals surface area contributed by atoms with E-state index in [4.69, 9.17) is 5.11 Å². The number of hydrogen-bond donors (Lipinski definition) is 3. The van der Waals surface area contributed by atoms with Crippen molar-refractivity contribution in [3.8, 4) is 5.75 Å². The van der Waals surface area contributed by atoms with Crippen molar-refractivity contribution in [2.24, 2.45) is 0 Å². The number of carbonyl (C=O) groups is 1. The average molecular weight is 274 g/mol. The molecule has 0 saturated heterocycles. The Morgan fingerprint density at radius 1 is 1.30 bits per heavy atom. The molecule has 1 amide bonds. The molecule has 0 spiro atoms. The minimum absolute atomic E-state index is 0.0290. The molecule has 0 unspecified atom stereocenters. The Bertz CT molecular complexity index is 689. The normalized spacial score (nSPS) is 10.2. The van der Waals surface area contributed by atoms with Crippen molar-refractivity contribution in [2.75, 3.05) is 0 Å². The van der Waals surface area contributed by atoms with Gasteiger partial charge in [-0.1, -0.05) is 17.7 Å². The summed E-state index contributed by atoms with van der Waals surface area (Å²) in [5, 5.41) is 21.2. The van der Waals surface area contributed by atoms with E-state index < -0.39 is 11.2 Å². The van der Waals surface area contributed by atoms with Gasteiger partial charge in [0.25, 0.3) is 5.91 Å². The number of benzene rings is 1. The number of carbonyl (C=O) groups excluding carboxylic acids is 1. The second kappa shape index (κ2) is 5.48. The van der Waals surface area contributed by atoms with Crippen molar-refractivity contribution in [2.45, 2.75) is 13.5 Å². The summed E-state index contributed by atoms with van der Waals surface area (Å²) >= 11 is 0. The van der Waals surface area contributed by atoms with Crippen LogP contribution in [0.15, 0.2) is 41.3 Å². The van der Waals surface area contributed by atoms with Gasteiger partial charge in [0.2, 0.25) is 5.43 Å². The van der Waals surface area contributed by atoms with Gasteiger partial charge in [0.15, 0.2) is 5.75 Å². The van der Waals surface area contributed by atoms with Crippen molar-refractivity contribution < 1.29 is 15.1 Å². The van der Waals surface area contributed by atoms with Gasteiger partial charge >= 0.3 is 0 Å². The molecule has 2 rings (SSSR count). The van der Waals surface area contributed by atoms with E-state index in [0.29, 0.717) is 10.3 Å². The van der Waals surface area contributed by atoms with E-state index >= 15 is 0 Å². The number of amides is 1. The lowest BCUT2D eigenvalue weighted by atomic mass is 10.1. The van der Waals surface area contributed by atoms with Crippen LogP contribution in [0.1, 0.15) is 21.6 Å². The van der Waals surface area contributed by atoms with E-state index in [1.54, 1.807) is 12.1 Å². The fraction of sp³-hybridized carbons (Fsp3) is 0.143. The molecule has 2 aromatic rings. The number of nitrogens with zero attached hydrogens (tertiary/aromatic N) is 1. The molecule has 0 aliphatic rings. The number of aryl methyl sites for hydroxylation is 1. The van der Waals surface area contributed by atoms with E-state index in [2.05, 4.69) is 5.32 Å². The SMILES string of the molecule is Cc1ccc(C(=O)NCc2cc(=O)c(O)cn2O)cc1. The smallest absolute Gasteiger partial charge is 0.251 e. The van der Waals surface area contributed by atoms with Gasteiger partial charge < -0.3 is 15.6 Å². The maximum atomic E-state index is 11.9. The van der Waals surface area contributed by atoms with Gasteiger partial charge in [0.05, 0.1) is 18.4 Å². The Hall–Kier alpha value is -2.76. The number of aromatic hydroxyl groups is 1. The molecule has 1 heterocycles. The van der Waals surface area contributed by atoms with E-state index in [9.17, 15) is 14.8 Å². The molecule has 6 heteroatoms. The first-order chi connectivity index (χ1) is 9.47. The molecule has 0 aliphatic carbocycles. The first kappa shape index (κ1) is 13.7. The van der Waals surface area contributed by atoms with Crippen molar-refractivity contribution in [1.29, 1.82) is 0 Å². The maximum absolute atomic E-state index is 11.9. The number of hydrogen-bond acceptors (Lipinski definition) is 4. The molecule has 0 bridgehead atoms. The summed E-state index contributed by atoms with van der Waals surface area (Å²) < 4.78 is 0.603. The number of pyridine rings is 1. The summed E-state index contributed by atoms with van der Waals surface area (Å²) in [5.41, 5.74) is 1.09. The molecule has 0 atom stereocenters. The molecule has 20 heavy (non-hydrogen) atoms. The Labute approximate surface area is 114 Å². The summed E-state index contributed by atoms with van der Waals surface area (Å²) in [7, 11) is 0. The van der Waals surface area contributed by atoms with E-state index in [1.807, 2.05) is 19.1 Å². The largest absolute Gasteiger partial charge is 0.503 e. The lowest BCUT2D eigenvalue weighted by Crippen LogP contribution is -2.25. The standard InChI is InChI=1S/C14H14N2O4/c1-9-2-4-10(5-3-9)14(19)15-7-11-6-12(17)13(18)8-16(11)20/h2-6,8,18,20H,7H2,1H3,(H,15,19). The van der Waals surface area contributed by atoms with Crippen molar-refractivity contribution >= 4 is 5.91 Å². The van der Waals surface area contributed by atoms with E-state index in [-0.39, 0.29) is 18.1 Å². The molecule has 0 radical (unpaired) electrons. The van der Waals surface area contributed by atoms with Gasteiger partial charge in [0.1, 0.15) is 0 Å². The van der Waals surface area contributed by atoms with Crippen LogP contribution in [0.25, 0.3) is 0 Å². The first-order valence-electron chi connectivity index (χ1n) is 5.96. The predicted molar refractivity (Wildman–Crippen MR) is 71.9 cm³/mol. The topological polar surface area (TPSA) is 91.6 Å². The third kappa shape index (κ3) is 2.97. The van der Waals surface area contributed by atoms with Crippen LogP contribution in [0.4, 0.5) is 0 Å². The van der Waals surface area contributed by atoms with Crippen molar-refractivity contribution in [3.05, 3.63) is 63.6 Å². The zero-order valence-electron chi connectivity index (χ0n) is 10.8. The summed E-state index contributed by atoms with van der Waals surface area (Å²) in [6, 6.07) is 8.07. The average Bonchev–Trinajstić information content (AvgIpc) is 2.42. The van der Waals surface area contributed by atoms with Crippen LogP contribution >= 0.6 is 0 Å². The molecule has 0 fully saturated rings. The van der Waals surface area contributed by atoms with Crippen LogP contribution in [-0.2, 0) is 6.54 Å². The predicted octanol–water partition coefficient (Wildman–Crippen LogP) is 1.03. The fourth-order valence-corrected chi connectivity index (χ4v) is 1.66. The highest BCUT2D eigenvalue weighted by Crippen LogP contribution is 2.05. The van der Waals surface area contributed by atoms with E-state index in [1.165, 1.54) is 0 Å². The van der Waals surface area contributed by atoms with Crippen molar-refractivity contribution in [1.82, 2.24) is 10.0 Å². The number of aromatic nitrogens is 1. The number of rotatable bonds is 3. The highest BCUT2D eigenvalue weighted by Gasteiger charge is 2.08. The molecule has 0 aliphatic heterocycles. The van der Waals surface area contributed by atoms with Crippen molar-refractivity contribution in [3.63, 3.8) is 0 Å². The quantitative estimate of drug-likeness (QED) is 0.729. The molecule has 6 nitrogen and oxygen atoms in total. The zero-order chi connectivity index (χ0) is 14.7. The van der Waals surface area contributed by atoms with Crippen LogP contribution in [-0.4, -0.2) is 21.0 Å². The second-order valence-corrected chi connectivity index (χ2v) is 4.41. The van der Waals surface area contributed by atoms with Gasteiger partial charge in [-0.25, -0.2) is 0 Å². The highest BCUT2D eigenvalue weighted by molar-refractivity contribution is 5.94. The summed E-state index contributed by atoms with van der Waals surface area (Å²) in [6.45, 7) is 1.89.